The highest BCUT2D eigenvalue weighted by atomic mass is 35.5. The average molecular weight is 595 g/mol. The molecule has 2 amide bonds. The predicted octanol–water partition coefficient (Wildman–Crippen LogP) is 6.52. The van der Waals surface area contributed by atoms with Crippen LogP contribution in [0.4, 0.5) is 30.7 Å². The summed E-state index contributed by atoms with van der Waals surface area (Å²) in [7, 11) is 0. The lowest BCUT2D eigenvalue weighted by atomic mass is 9.95. The number of alkyl halides is 6. The maximum Gasteiger partial charge on any atom is 0.417 e. The Morgan fingerprint density at radius 2 is 1.36 bits per heavy atom. The van der Waals surface area contributed by atoms with E-state index in [1.165, 1.54) is 24.3 Å². The van der Waals surface area contributed by atoms with Crippen LogP contribution in [0.2, 0.25) is 10.0 Å². The Morgan fingerprint density at radius 1 is 0.821 bits per heavy atom. The number of halogens is 9. The molecule has 3 aromatic carbocycles. The number of benzene rings is 3. The van der Waals surface area contributed by atoms with E-state index in [-0.39, 0.29) is 28.0 Å². The van der Waals surface area contributed by atoms with Crippen molar-refractivity contribution in [1.82, 2.24) is 10.6 Å². The van der Waals surface area contributed by atoms with Crippen molar-refractivity contribution in [3.63, 3.8) is 0 Å². The third-order valence-electron chi connectivity index (χ3n) is 5.21. The van der Waals surface area contributed by atoms with Crippen molar-refractivity contribution in [2.45, 2.75) is 12.4 Å². The van der Waals surface area contributed by atoms with E-state index in [0.29, 0.717) is 12.1 Å². The van der Waals surface area contributed by atoms with E-state index in [9.17, 15) is 45.1 Å². The molecule has 206 valence electrons. The quantitative estimate of drug-likeness (QED) is 0.141. The third-order valence-corrected chi connectivity index (χ3v) is 5.76. The molecule has 2 N–H and O–H groups in total. The van der Waals surface area contributed by atoms with Gasteiger partial charge in [-0.05, 0) is 46.7 Å². The Hall–Kier alpha value is -3.64. The molecule has 14 heteroatoms. The minimum Gasteiger partial charge on any atom is -0.345 e. The van der Waals surface area contributed by atoms with Gasteiger partial charge in [0.2, 0.25) is 5.91 Å². The molecule has 0 aromatic heterocycles. The summed E-state index contributed by atoms with van der Waals surface area (Å²) in [5.74, 6) is -4.24. The van der Waals surface area contributed by atoms with Crippen molar-refractivity contribution >= 4 is 57.1 Å². The van der Waals surface area contributed by atoms with Gasteiger partial charge in [-0.2, -0.15) is 26.3 Å². The largest absolute Gasteiger partial charge is 0.417 e. The van der Waals surface area contributed by atoms with Gasteiger partial charge in [0.1, 0.15) is 6.54 Å². The van der Waals surface area contributed by atoms with Gasteiger partial charge in [-0.25, -0.2) is 4.39 Å². The maximum absolute atomic E-state index is 13.9. The molecule has 0 aliphatic rings. The summed E-state index contributed by atoms with van der Waals surface area (Å²) in [5.41, 5.74) is -2.43. The molecule has 39 heavy (non-hydrogen) atoms. The third kappa shape index (κ3) is 7.48. The molecule has 3 aromatic rings. The molecule has 0 bridgehead atoms. The number of ketones is 1. The molecule has 0 saturated heterocycles. The van der Waals surface area contributed by atoms with Crippen molar-refractivity contribution in [1.29, 1.82) is 0 Å². The van der Waals surface area contributed by atoms with E-state index < -0.39 is 70.0 Å². The topological polar surface area (TPSA) is 75.3 Å². The van der Waals surface area contributed by atoms with Crippen LogP contribution >= 0.6 is 23.2 Å². The van der Waals surface area contributed by atoms with Gasteiger partial charge in [-0.3, -0.25) is 14.4 Å². The summed E-state index contributed by atoms with van der Waals surface area (Å²) in [6.07, 6.45) is -9.43. The number of carbonyl (C=O) groups excluding carboxylic acids is 3. The van der Waals surface area contributed by atoms with Crippen LogP contribution in [0.25, 0.3) is 16.3 Å². The Bertz CT molecular complexity index is 1460. The fourth-order valence-corrected chi connectivity index (χ4v) is 3.96. The highest BCUT2D eigenvalue weighted by Gasteiger charge is 2.36. The number of hydrogen-bond donors (Lipinski definition) is 2. The van der Waals surface area contributed by atoms with E-state index in [4.69, 9.17) is 23.2 Å². The van der Waals surface area contributed by atoms with E-state index in [1.54, 1.807) is 5.32 Å². The Balaban J connectivity index is 1.95. The van der Waals surface area contributed by atoms with Crippen LogP contribution in [0.3, 0.4) is 0 Å². The van der Waals surface area contributed by atoms with E-state index in [0.717, 1.165) is 12.1 Å². The average Bonchev–Trinajstić information content (AvgIpc) is 2.85. The lowest BCUT2D eigenvalue weighted by Gasteiger charge is -2.14. The maximum atomic E-state index is 13.9. The molecule has 0 unspecified atom stereocenters. The lowest BCUT2D eigenvalue weighted by molar-refractivity contribution is -0.137. The van der Waals surface area contributed by atoms with Gasteiger partial charge in [-0.15, -0.1) is 0 Å². The smallest absolute Gasteiger partial charge is 0.345 e. The highest BCUT2D eigenvalue weighted by Crippen LogP contribution is 2.38. The number of hydrogen-bond acceptors (Lipinski definition) is 3. The summed E-state index contributed by atoms with van der Waals surface area (Å²) < 4.78 is 92.0. The fourth-order valence-electron chi connectivity index (χ4n) is 3.48. The zero-order valence-corrected chi connectivity index (χ0v) is 20.7. The molecular formula is C25H15Cl2F7N2O3. The number of rotatable bonds is 7. The van der Waals surface area contributed by atoms with Crippen LogP contribution in [0.1, 0.15) is 26.3 Å². The van der Waals surface area contributed by atoms with Gasteiger partial charge >= 0.3 is 12.4 Å². The molecule has 3 rings (SSSR count). The van der Waals surface area contributed by atoms with Gasteiger partial charge in [0.05, 0.1) is 22.2 Å². The molecule has 0 atom stereocenters. The molecule has 0 heterocycles. The minimum atomic E-state index is -5.07. The lowest BCUT2D eigenvalue weighted by Crippen LogP contribution is -2.40. The van der Waals surface area contributed by atoms with Gasteiger partial charge < -0.3 is 10.6 Å². The van der Waals surface area contributed by atoms with Gasteiger partial charge in [0.25, 0.3) is 5.91 Å². The molecule has 0 aliphatic heterocycles. The second-order valence-electron chi connectivity index (χ2n) is 7.95. The number of allylic oxidation sites excluding steroid dienone is 2. The van der Waals surface area contributed by atoms with Gasteiger partial charge in [-0.1, -0.05) is 47.5 Å². The Kier molecular flexibility index (Phi) is 8.91. The van der Waals surface area contributed by atoms with Crippen molar-refractivity contribution in [2.24, 2.45) is 0 Å². The number of nitrogens with one attached hydrogen (secondary N) is 2. The molecule has 0 saturated carbocycles. The van der Waals surface area contributed by atoms with Crippen LogP contribution in [-0.2, 0) is 4.79 Å². The first-order valence-electron chi connectivity index (χ1n) is 10.7. The first kappa shape index (κ1) is 29.9. The van der Waals surface area contributed by atoms with Gasteiger partial charge in [0, 0.05) is 11.1 Å². The number of amides is 2. The van der Waals surface area contributed by atoms with Crippen LogP contribution < -0.4 is 10.6 Å². The summed E-state index contributed by atoms with van der Waals surface area (Å²) in [6, 6.07) is 9.23. The monoisotopic (exact) mass is 594 g/mol. The highest BCUT2D eigenvalue weighted by molar-refractivity contribution is 6.35. The Morgan fingerprint density at radius 3 is 1.90 bits per heavy atom. The predicted molar refractivity (Wildman–Crippen MR) is 130 cm³/mol. The van der Waals surface area contributed by atoms with Gasteiger partial charge in [0.15, 0.2) is 11.6 Å². The van der Waals surface area contributed by atoms with E-state index in [1.807, 2.05) is 0 Å². The number of fused-ring (bicyclic) bond motifs is 1. The normalized spacial score (nSPS) is 12.4. The molecule has 0 spiro atoms. The summed E-state index contributed by atoms with van der Waals surface area (Å²) in [6.45, 7) is -2.38. The number of carbonyl (C=O) groups is 3. The summed E-state index contributed by atoms with van der Waals surface area (Å²) in [5, 5.41) is 2.55. The standard InChI is InChI=1S/C25H15Cl2F7N2O3/c26-18-7-12(8-19(27)22(18)28)17(25(32,33)34)9-20(37)15-5-6-16(14-4-2-1-3-13(14)15)23(39)35-10-21(38)36-11-24(29,30)31/h1-9H,10-11H2,(H,35,39)(H,36,38). The van der Waals surface area contributed by atoms with Crippen LogP contribution in [-0.4, -0.2) is 43.0 Å². The van der Waals surface area contributed by atoms with Crippen LogP contribution in [0, 0.1) is 5.82 Å². The minimum absolute atomic E-state index is 0.0737. The molecular weight excluding hydrogens is 580 g/mol. The molecule has 5 nitrogen and oxygen atoms in total. The molecule has 0 aliphatic carbocycles. The van der Waals surface area contributed by atoms with Crippen molar-refractivity contribution in [2.75, 3.05) is 13.1 Å². The van der Waals surface area contributed by atoms with Crippen molar-refractivity contribution in [3.05, 3.63) is 87.2 Å². The van der Waals surface area contributed by atoms with E-state index >= 15 is 0 Å². The SMILES string of the molecule is O=C(CNC(=O)c1ccc(C(=O)C=C(c2cc(Cl)c(F)c(Cl)c2)C(F)(F)F)c2ccccc12)NCC(F)(F)F. The fraction of sp³-hybridized carbons (Fsp3) is 0.160. The van der Waals surface area contributed by atoms with Crippen molar-refractivity contribution in [3.8, 4) is 0 Å². The molecule has 0 fully saturated rings. The second kappa shape index (κ2) is 11.6. The second-order valence-corrected chi connectivity index (χ2v) is 8.77. The summed E-state index contributed by atoms with van der Waals surface area (Å²) in [4.78, 5) is 37.2. The zero-order valence-electron chi connectivity index (χ0n) is 19.2. The first-order valence-corrected chi connectivity index (χ1v) is 11.5. The van der Waals surface area contributed by atoms with Crippen LogP contribution in [0.15, 0.2) is 54.6 Å². The molecule has 0 radical (unpaired) electrons. The van der Waals surface area contributed by atoms with E-state index in [2.05, 4.69) is 5.32 Å². The van der Waals surface area contributed by atoms with Crippen molar-refractivity contribution < 1.29 is 45.1 Å². The Labute approximate surface area is 225 Å². The first-order chi connectivity index (χ1) is 18.1. The summed E-state index contributed by atoms with van der Waals surface area (Å²) >= 11 is 11.2. The van der Waals surface area contributed by atoms with Crippen LogP contribution in [0.5, 0.6) is 0 Å². The zero-order chi connectivity index (χ0) is 29.1.